The van der Waals surface area contributed by atoms with Gasteiger partial charge in [-0.25, -0.2) is 18.9 Å². The summed E-state index contributed by atoms with van der Waals surface area (Å²) in [6.45, 7) is 6.15. The Hall–Kier alpha value is -2.94. The van der Waals surface area contributed by atoms with Gasteiger partial charge in [-0.15, -0.1) is 5.10 Å². The van der Waals surface area contributed by atoms with E-state index in [1.807, 2.05) is 32.9 Å². The van der Waals surface area contributed by atoms with Crippen molar-refractivity contribution in [3.8, 4) is 6.07 Å². The van der Waals surface area contributed by atoms with Gasteiger partial charge in [0.1, 0.15) is 5.82 Å². The maximum Gasteiger partial charge on any atom is 0.352 e. The second kappa shape index (κ2) is 5.69. The number of nitrogens with zero attached hydrogens (tertiary/aromatic N) is 5. The lowest BCUT2D eigenvalue weighted by Gasteiger charge is -2.04. The van der Waals surface area contributed by atoms with Gasteiger partial charge in [0.05, 0.1) is 18.2 Å². The average molecular weight is 307 g/mol. The van der Waals surface area contributed by atoms with Gasteiger partial charge in [-0.1, -0.05) is 19.1 Å². The molecule has 116 valence electrons. The highest BCUT2D eigenvalue weighted by Crippen LogP contribution is 2.12. The Kier molecular flexibility index (Phi) is 3.70. The van der Waals surface area contributed by atoms with Crippen molar-refractivity contribution in [2.45, 2.75) is 33.7 Å². The third-order valence-electron chi connectivity index (χ3n) is 3.98. The fourth-order valence-corrected chi connectivity index (χ4v) is 2.62. The smallest absolute Gasteiger partial charge is 0.245 e. The lowest BCUT2D eigenvalue weighted by Crippen LogP contribution is -2.24. The van der Waals surface area contributed by atoms with E-state index in [1.54, 1.807) is 16.5 Å². The van der Waals surface area contributed by atoms with E-state index in [9.17, 15) is 4.79 Å². The number of benzene rings is 1. The van der Waals surface area contributed by atoms with Crippen molar-refractivity contribution < 1.29 is 0 Å². The molecule has 0 unspecified atom stereocenters. The molecule has 23 heavy (non-hydrogen) atoms. The van der Waals surface area contributed by atoms with Crippen LogP contribution in [-0.4, -0.2) is 19.2 Å². The number of hydrogen-bond acceptors (Lipinski definition) is 4. The molecule has 3 aromatic rings. The second-order valence-electron chi connectivity index (χ2n) is 5.50. The summed E-state index contributed by atoms with van der Waals surface area (Å²) in [5.41, 5.74) is 3.68. The van der Waals surface area contributed by atoms with Crippen LogP contribution < -0.4 is 5.69 Å². The molecule has 0 atom stereocenters. The number of aromatic nitrogens is 4. The summed E-state index contributed by atoms with van der Waals surface area (Å²) in [6.07, 6.45) is 0.660. The highest BCUT2D eigenvalue weighted by atomic mass is 16.2. The number of nitriles is 1. The zero-order chi connectivity index (χ0) is 16.6. The van der Waals surface area contributed by atoms with Crippen LogP contribution in [0.25, 0.3) is 5.65 Å². The van der Waals surface area contributed by atoms with Crippen LogP contribution in [0.2, 0.25) is 0 Å². The van der Waals surface area contributed by atoms with Crippen LogP contribution in [0.3, 0.4) is 0 Å². The van der Waals surface area contributed by atoms with E-state index in [4.69, 9.17) is 5.26 Å². The number of rotatable bonds is 3. The van der Waals surface area contributed by atoms with Crippen LogP contribution in [0.4, 0.5) is 0 Å². The highest BCUT2D eigenvalue weighted by Gasteiger charge is 2.15. The van der Waals surface area contributed by atoms with Crippen molar-refractivity contribution in [1.82, 2.24) is 19.2 Å². The zero-order valence-electron chi connectivity index (χ0n) is 13.4. The summed E-state index contributed by atoms with van der Waals surface area (Å²) in [7, 11) is 0. The molecule has 0 aliphatic carbocycles. The van der Waals surface area contributed by atoms with Gasteiger partial charge < -0.3 is 0 Å². The van der Waals surface area contributed by atoms with Gasteiger partial charge in [0.25, 0.3) is 0 Å². The zero-order valence-corrected chi connectivity index (χ0v) is 13.4. The maximum atomic E-state index is 12.7. The molecule has 3 rings (SSSR count). The molecule has 1 aromatic carbocycles. The summed E-state index contributed by atoms with van der Waals surface area (Å²) in [6, 6.07) is 9.31. The van der Waals surface area contributed by atoms with Crippen molar-refractivity contribution >= 4 is 5.65 Å². The fraction of sp³-hybridized carbons (Fsp3) is 0.294. The van der Waals surface area contributed by atoms with Gasteiger partial charge >= 0.3 is 5.69 Å². The van der Waals surface area contributed by atoms with E-state index >= 15 is 0 Å². The Morgan fingerprint density at radius 2 is 2.09 bits per heavy atom. The Morgan fingerprint density at radius 3 is 2.78 bits per heavy atom. The summed E-state index contributed by atoms with van der Waals surface area (Å²) in [5, 5.41) is 13.5. The number of fused-ring (bicyclic) bond motifs is 1. The van der Waals surface area contributed by atoms with Crippen LogP contribution in [0.1, 0.15) is 35.1 Å². The van der Waals surface area contributed by atoms with Crippen LogP contribution in [0.15, 0.2) is 29.1 Å². The van der Waals surface area contributed by atoms with E-state index in [2.05, 4.69) is 16.2 Å². The Labute approximate surface area is 133 Å². The first-order chi connectivity index (χ1) is 11.0. The largest absolute Gasteiger partial charge is 0.352 e. The predicted octanol–water partition coefficient (Wildman–Crippen LogP) is 1.99. The molecular formula is C17H17N5O. The Bertz CT molecular complexity index is 991. The lowest BCUT2D eigenvalue weighted by molar-refractivity contribution is 0.654. The van der Waals surface area contributed by atoms with Crippen LogP contribution in [0, 0.1) is 25.2 Å². The number of aryl methyl sites for hydroxylation is 3. The van der Waals surface area contributed by atoms with Crippen molar-refractivity contribution in [2.75, 3.05) is 0 Å². The van der Waals surface area contributed by atoms with Gasteiger partial charge in [-0.05, 0) is 31.5 Å². The summed E-state index contributed by atoms with van der Waals surface area (Å²) >= 11 is 0. The molecule has 0 aliphatic heterocycles. The first-order valence-corrected chi connectivity index (χ1v) is 7.49. The first kappa shape index (κ1) is 15.0. The van der Waals surface area contributed by atoms with Gasteiger partial charge in [-0.2, -0.15) is 5.26 Å². The average Bonchev–Trinajstić information content (AvgIpc) is 2.88. The fourth-order valence-electron chi connectivity index (χ4n) is 2.62. The molecule has 0 bridgehead atoms. The molecule has 0 saturated heterocycles. The first-order valence-electron chi connectivity index (χ1n) is 7.49. The third-order valence-corrected chi connectivity index (χ3v) is 3.98. The van der Waals surface area contributed by atoms with Crippen molar-refractivity contribution in [3.05, 3.63) is 63.0 Å². The molecule has 2 heterocycles. The van der Waals surface area contributed by atoms with Gasteiger partial charge in [-0.3, -0.25) is 0 Å². The van der Waals surface area contributed by atoms with Crippen LogP contribution in [0.5, 0.6) is 0 Å². The molecule has 6 heteroatoms. The van der Waals surface area contributed by atoms with Crippen LogP contribution in [-0.2, 0) is 13.0 Å². The van der Waals surface area contributed by atoms with E-state index in [1.165, 1.54) is 4.68 Å². The summed E-state index contributed by atoms with van der Waals surface area (Å²) in [5.74, 6) is 0.713. The minimum absolute atomic E-state index is 0.199. The monoisotopic (exact) mass is 307 g/mol. The van der Waals surface area contributed by atoms with E-state index in [0.29, 0.717) is 30.0 Å². The number of hydrogen-bond donors (Lipinski definition) is 0. The van der Waals surface area contributed by atoms with Crippen molar-refractivity contribution in [1.29, 1.82) is 5.26 Å². The van der Waals surface area contributed by atoms with Crippen molar-refractivity contribution in [2.24, 2.45) is 0 Å². The lowest BCUT2D eigenvalue weighted by atomic mass is 10.1. The van der Waals surface area contributed by atoms with E-state index in [0.717, 1.165) is 16.8 Å². The van der Waals surface area contributed by atoms with E-state index in [-0.39, 0.29) is 5.69 Å². The summed E-state index contributed by atoms with van der Waals surface area (Å²) in [4.78, 5) is 17.2. The van der Waals surface area contributed by atoms with Gasteiger partial charge in [0.2, 0.25) is 0 Å². The molecule has 0 saturated carbocycles. The molecule has 0 spiro atoms. The standard InChI is InChI=1S/C17H17N5O/c1-4-15-19-12(3)11(2)16-20-21(17(23)22(15)16)10-14-7-5-6-13(8-14)9-18/h5-8H,4,10H2,1-3H3. The molecule has 0 fully saturated rings. The molecule has 6 nitrogen and oxygen atoms in total. The molecular weight excluding hydrogens is 290 g/mol. The maximum absolute atomic E-state index is 12.7. The van der Waals surface area contributed by atoms with Crippen LogP contribution >= 0.6 is 0 Å². The van der Waals surface area contributed by atoms with Gasteiger partial charge in [0, 0.05) is 17.7 Å². The predicted molar refractivity (Wildman–Crippen MR) is 86.4 cm³/mol. The molecule has 2 aromatic heterocycles. The Morgan fingerprint density at radius 1 is 1.30 bits per heavy atom. The van der Waals surface area contributed by atoms with Gasteiger partial charge in [0.15, 0.2) is 5.65 Å². The van der Waals surface area contributed by atoms with E-state index < -0.39 is 0 Å². The summed E-state index contributed by atoms with van der Waals surface area (Å²) < 4.78 is 3.01. The molecule has 0 amide bonds. The quantitative estimate of drug-likeness (QED) is 0.741. The second-order valence-corrected chi connectivity index (χ2v) is 5.50. The third kappa shape index (κ3) is 2.50. The normalized spacial score (nSPS) is 10.9. The van der Waals surface area contributed by atoms with Crippen molar-refractivity contribution in [3.63, 3.8) is 0 Å². The molecule has 0 aliphatic rings. The SMILES string of the molecule is CCc1nc(C)c(C)c2nn(Cc3cccc(C#N)c3)c(=O)n12. The highest BCUT2D eigenvalue weighted by molar-refractivity contribution is 5.48. The Balaban J connectivity index is 2.16. The topological polar surface area (TPSA) is 76.0 Å². The molecule has 0 radical (unpaired) electrons. The molecule has 0 N–H and O–H groups in total. The minimum atomic E-state index is -0.199. The minimum Gasteiger partial charge on any atom is -0.245 e.